The summed E-state index contributed by atoms with van der Waals surface area (Å²) in [6.45, 7) is 3.90. The molecule has 0 radical (unpaired) electrons. The van der Waals surface area contributed by atoms with Crippen molar-refractivity contribution in [1.29, 1.82) is 0 Å². The van der Waals surface area contributed by atoms with Crippen molar-refractivity contribution in [2.75, 3.05) is 13.7 Å². The smallest absolute Gasteiger partial charge is 0.279 e. The number of nitro benzene ring substituents is 1. The van der Waals surface area contributed by atoms with Crippen molar-refractivity contribution in [3.8, 4) is 11.5 Å². The first kappa shape index (κ1) is 14.2. The van der Waals surface area contributed by atoms with Gasteiger partial charge in [0.15, 0.2) is 11.5 Å². The lowest BCUT2D eigenvalue weighted by Gasteiger charge is -2.13. The second-order valence-corrected chi connectivity index (χ2v) is 3.84. The average Bonchev–Trinajstić information content (AvgIpc) is 2.34. The monoisotopic (exact) mass is 255 g/mol. The second kappa shape index (κ2) is 6.20. The summed E-state index contributed by atoms with van der Waals surface area (Å²) >= 11 is 0. The molecule has 0 heterocycles. The minimum absolute atomic E-state index is 0.175. The Morgan fingerprint density at radius 3 is 2.56 bits per heavy atom. The van der Waals surface area contributed by atoms with Crippen LogP contribution in [0.5, 0.6) is 11.5 Å². The van der Waals surface area contributed by atoms with Crippen molar-refractivity contribution in [2.24, 2.45) is 0 Å². The summed E-state index contributed by atoms with van der Waals surface area (Å²) in [5, 5.41) is 20.5. The molecule has 1 aromatic carbocycles. The van der Waals surface area contributed by atoms with Gasteiger partial charge < -0.3 is 14.6 Å². The van der Waals surface area contributed by atoms with E-state index < -0.39 is 11.0 Å². The Labute approximate surface area is 105 Å². The molecule has 0 saturated heterocycles. The summed E-state index contributed by atoms with van der Waals surface area (Å²) in [5.41, 5.74) is 0.0394. The molecule has 1 unspecified atom stereocenters. The van der Waals surface area contributed by atoms with Crippen molar-refractivity contribution >= 4 is 5.69 Å². The standard InChI is InChI=1S/C12H17NO5/c1-4-5-18-12-6-9(8(2)14)10(13(15)16)7-11(12)17-3/h6-8,14H,4-5H2,1-3H3. The molecule has 0 saturated carbocycles. The van der Waals surface area contributed by atoms with Crippen LogP contribution in [0.2, 0.25) is 0 Å². The van der Waals surface area contributed by atoms with Gasteiger partial charge in [0.2, 0.25) is 0 Å². The summed E-state index contributed by atoms with van der Waals surface area (Å²) in [4.78, 5) is 10.4. The van der Waals surface area contributed by atoms with Gasteiger partial charge in [-0.25, -0.2) is 0 Å². The maximum Gasteiger partial charge on any atom is 0.279 e. The van der Waals surface area contributed by atoms with E-state index in [-0.39, 0.29) is 11.3 Å². The van der Waals surface area contributed by atoms with E-state index in [9.17, 15) is 15.2 Å². The van der Waals surface area contributed by atoms with Gasteiger partial charge in [0.25, 0.3) is 5.69 Å². The Morgan fingerprint density at radius 1 is 1.44 bits per heavy atom. The SMILES string of the molecule is CCCOc1cc(C(C)O)c([N+](=O)[O-])cc1OC. The van der Waals surface area contributed by atoms with Gasteiger partial charge in [-0.05, 0) is 19.4 Å². The molecule has 0 aliphatic carbocycles. The van der Waals surface area contributed by atoms with Crippen molar-refractivity contribution in [2.45, 2.75) is 26.4 Å². The van der Waals surface area contributed by atoms with Crippen LogP contribution in [0.25, 0.3) is 0 Å². The van der Waals surface area contributed by atoms with Gasteiger partial charge in [-0.2, -0.15) is 0 Å². The molecule has 0 bridgehead atoms. The maximum atomic E-state index is 10.9. The second-order valence-electron chi connectivity index (χ2n) is 3.84. The molecule has 1 rings (SSSR count). The van der Waals surface area contributed by atoms with E-state index >= 15 is 0 Å². The number of ether oxygens (including phenoxy) is 2. The molecule has 6 nitrogen and oxygen atoms in total. The molecule has 6 heteroatoms. The summed E-state index contributed by atoms with van der Waals surface area (Å²) in [6, 6.07) is 2.73. The highest BCUT2D eigenvalue weighted by molar-refractivity contribution is 5.55. The highest BCUT2D eigenvalue weighted by atomic mass is 16.6. The molecule has 0 aromatic heterocycles. The summed E-state index contributed by atoms with van der Waals surface area (Å²) in [7, 11) is 1.42. The Kier molecular flexibility index (Phi) is 4.91. The molecule has 1 atom stereocenters. The van der Waals surface area contributed by atoms with E-state index in [1.54, 1.807) is 0 Å². The van der Waals surface area contributed by atoms with Gasteiger partial charge in [0, 0.05) is 0 Å². The first-order chi connectivity index (χ1) is 8.51. The molecule has 0 fully saturated rings. The maximum absolute atomic E-state index is 10.9. The van der Waals surface area contributed by atoms with E-state index in [4.69, 9.17) is 9.47 Å². The van der Waals surface area contributed by atoms with Crippen LogP contribution >= 0.6 is 0 Å². The Bertz CT molecular complexity index is 431. The van der Waals surface area contributed by atoms with Crippen molar-refractivity contribution in [3.63, 3.8) is 0 Å². The first-order valence-electron chi connectivity index (χ1n) is 5.68. The average molecular weight is 255 g/mol. The van der Waals surface area contributed by atoms with Crippen LogP contribution < -0.4 is 9.47 Å². The minimum Gasteiger partial charge on any atom is -0.493 e. The highest BCUT2D eigenvalue weighted by Gasteiger charge is 2.22. The number of benzene rings is 1. The van der Waals surface area contributed by atoms with Gasteiger partial charge in [-0.15, -0.1) is 0 Å². The number of hydrogen-bond donors (Lipinski definition) is 1. The fourth-order valence-electron chi connectivity index (χ4n) is 1.54. The normalized spacial score (nSPS) is 12.0. The van der Waals surface area contributed by atoms with E-state index in [0.29, 0.717) is 18.1 Å². The lowest BCUT2D eigenvalue weighted by Crippen LogP contribution is -2.03. The summed E-state index contributed by atoms with van der Waals surface area (Å²) in [5.74, 6) is 0.695. The third kappa shape index (κ3) is 3.10. The zero-order valence-corrected chi connectivity index (χ0v) is 10.7. The van der Waals surface area contributed by atoms with Crippen molar-refractivity contribution in [1.82, 2.24) is 0 Å². The van der Waals surface area contributed by atoms with Crippen LogP contribution in [0.15, 0.2) is 12.1 Å². The Morgan fingerprint density at radius 2 is 2.11 bits per heavy atom. The zero-order valence-electron chi connectivity index (χ0n) is 10.7. The molecule has 0 spiro atoms. The highest BCUT2D eigenvalue weighted by Crippen LogP contribution is 2.37. The molecule has 0 aliphatic heterocycles. The molecular formula is C12H17NO5. The number of nitro groups is 1. The molecule has 0 amide bonds. The third-order valence-corrected chi connectivity index (χ3v) is 2.42. The number of aliphatic hydroxyl groups excluding tert-OH is 1. The quantitative estimate of drug-likeness (QED) is 0.623. The zero-order chi connectivity index (χ0) is 13.7. The van der Waals surface area contributed by atoms with E-state index in [1.165, 1.54) is 26.2 Å². The lowest BCUT2D eigenvalue weighted by atomic mass is 10.1. The van der Waals surface area contributed by atoms with Crippen LogP contribution in [0, 0.1) is 10.1 Å². The minimum atomic E-state index is -0.944. The van der Waals surface area contributed by atoms with E-state index in [2.05, 4.69) is 0 Å². The van der Waals surface area contributed by atoms with Crippen LogP contribution in [-0.4, -0.2) is 23.7 Å². The molecule has 0 aliphatic rings. The van der Waals surface area contributed by atoms with Gasteiger partial charge >= 0.3 is 0 Å². The number of nitrogens with zero attached hydrogens (tertiary/aromatic N) is 1. The number of hydrogen-bond acceptors (Lipinski definition) is 5. The van der Waals surface area contributed by atoms with Gasteiger partial charge in [0.1, 0.15) is 0 Å². The predicted molar refractivity (Wildman–Crippen MR) is 66.1 cm³/mol. The Balaban J connectivity index is 3.27. The van der Waals surface area contributed by atoms with Crippen LogP contribution in [0.1, 0.15) is 31.9 Å². The largest absolute Gasteiger partial charge is 0.493 e. The van der Waals surface area contributed by atoms with Crippen LogP contribution in [0.3, 0.4) is 0 Å². The molecule has 18 heavy (non-hydrogen) atoms. The van der Waals surface area contributed by atoms with Crippen molar-refractivity contribution < 1.29 is 19.5 Å². The molecule has 1 aromatic rings. The van der Waals surface area contributed by atoms with E-state index in [1.807, 2.05) is 6.92 Å². The van der Waals surface area contributed by atoms with Crippen LogP contribution in [0.4, 0.5) is 5.69 Å². The molecule has 100 valence electrons. The Hall–Kier alpha value is -1.82. The molecular weight excluding hydrogens is 238 g/mol. The molecule has 1 N–H and O–H groups in total. The summed E-state index contributed by atoms with van der Waals surface area (Å²) < 4.78 is 10.5. The fraction of sp³-hybridized carbons (Fsp3) is 0.500. The van der Waals surface area contributed by atoms with Crippen LogP contribution in [-0.2, 0) is 0 Å². The van der Waals surface area contributed by atoms with Gasteiger partial charge in [-0.3, -0.25) is 10.1 Å². The van der Waals surface area contributed by atoms with Crippen molar-refractivity contribution in [3.05, 3.63) is 27.8 Å². The third-order valence-electron chi connectivity index (χ3n) is 2.42. The number of methoxy groups -OCH3 is 1. The number of rotatable bonds is 6. The summed E-state index contributed by atoms with van der Waals surface area (Å²) in [6.07, 6.45) is -0.135. The van der Waals surface area contributed by atoms with Gasteiger partial charge in [0.05, 0.1) is 36.4 Å². The predicted octanol–water partition coefficient (Wildman–Crippen LogP) is 2.45. The first-order valence-corrected chi connectivity index (χ1v) is 5.68. The lowest BCUT2D eigenvalue weighted by molar-refractivity contribution is -0.386. The van der Waals surface area contributed by atoms with Gasteiger partial charge in [-0.1, -0.05) is 6.92 Å². The fourth-order valence-corrected chi connectivity index (χ4v) is 1.54. The number of aliphatic hydroxyl groups is 1. The van der Waals surface area contributed by atoms with E-state index in [0.717, 1.165) is 6.42 Å². The topological polar surface area (TPSA) is 81.8 Å².